The molecule has 0 bridgehead atoms. The third kappa shape index (κ3) is 5.49. The summed E-state index contributed by atoms with van der Waals surface area (Å²) in [6.07, 6.45) is -0.0522. The van der Waals surface area contributed by atoms with Gasteiger partial charge in [0.25, 0.3) is 11.7 Å². The summed E-state index contributed by atoms with van der Waals surface area (Å²) in [4.78, 5) is 27.7. The van der Waals surface area contributed by atoms with Gasteiger partial charge in [-0.1, -0.05) is 19.9 Å². The lowest BCUT2D eigenvalue weighted by atomic mass is 9.93. The molecule has 2 N–H and O–H groups in total. The Morgan fingerprint density at radius 2 is 1.75 bits per heavy atom. The zero-order valence-corrected chi connectivity index (χ0v) is 21.7. The maximum absolute atomic E-state index is 13.2. The number of likely N-dealkylation sites (tertiary alicyclic amines) is 1. The lowest BCUT2D eigenvalue weighted by Gasteiger charge is -2.26. The number of phenols is 1. The molecule has 0 saturated carbocycles. The van der Waals surface area contributed by atoms with Crippen LogP contribution in [0.15, 0.2) is 42.0 Å². The van der Waals surface area contributed by atoms with E-state index in [1.807, 2.05) is 34.6 Å². The van der Waals surface area contributed by atoms with Crippen LogP contribution in [-0.2, 0) is 14.3 Å². The number of aliphatic hydroxyl groups is 1. The number of aromatic hydroxyl groups is 1. The van der Waals surface area contributed by atoms with E-state index in [9.17, 15) is 19.8 Å². The molecule has 1 aliphatic rings. The molecule has 0 radical (unpaired) electrons. The smallest absolute Gasteiger partial charge is 0.295 e. The van der Waals surface area contributed by atoms with Crippen LogP contribution in [0.4, 0.5) is 0 Å². The first kappa shape index (κ1) is 27.1. The molecule has 1 amide bonds. The minimum absolute atomic E-state index is 0.0482. The quantitative estimate of drug-likeness (QED) is 0.277. The molecule has 0 aromatic heterocycles. The first-order chi connectivity index (χ1) is 17.1. The summed E-state index contributed by atoms with van der Waals surface area (Å²) in [6.45, 7) is 10.5. The average Bonchev–Trinajstić information content (AvgIpc) is 3.08. The molecule has 1 aliphatic heterocycles. The van der Waals surface area contributed by atoms with Crippen LogP contribution in [0.3, 0.4) is 0 Å². The van der Waals surface area contributed by atoms with E-state index in [-0.39, 0.29) is 48.0 Å². The summed E-state index contributed by atoms with van der Waals surface area (Å²) in [7, 11) is 1.43. The first-order valence-electron chi connectivity index (χ1n) is 12.1. The van der Waals surface area contributed by atoms with Crippen LogP contribution in [-0.4, -0.2) is 59.8 Å². The minimum atomic E-state index is -0.911. The highest BCUT2D eigenvalue weighted by atomic mass is 16.5. The van der Waals surface area contributed by atoms with E-state index in [1.165, 1.54) is 18.1 Å². The molecule has 2 aromatic rings. The number of amides is 1. The fourth-order valence-corrected chi connectivity index (χ4v) is 4.31. The molecule has 194 valence electrons. The van der Waals surface area contributed by atoms with E-state index >= 15 is 0 Å². The molecular formula is C28H35NO7. The maximum Gasteiger partial charge on any atom is 0.295 e. The van der Waals surface area contributed by atoms with Gasteiger partial charge >= 0.3 is 0 Å². The number of hydrogen-bond acceptors (Lipinski definition) is 7. The summed E-state index contributed by atoms with van der Waals surface area (Å²) in [5, 5.41) is 21.8. The Morgan fingerprint density at radius 3 is 2.33 bits per heavy atom. The van der Waals surface area contributed by atoms with Crippen molar-refractivity contribution in [2.45, 2.75) is 52.7 Å². The van der Waals surface area contributed by atoms with Gasteiger partial charge in [-0.25, -0.2) is 0 Å². The molecule has 8 heteroatoms. The predicted molar refractivity (Wildman–Crippen MR) is 136 cm³/mol. The Balaban J connectivity index is 2.16. The van der Waals surface area contributed by atoms with Crippen molar-refractivity contribution in [3.63, 3.8) is 0 Å². The number of phenolic OH excluding ortho intramolecular Hbond substituents is 1. The standard InChI is InChI=1S/C28H35NO7/c1-7-35-22-10-9-19(14-20(22)16(2)3)26(31)24-25(18-8-11-23(34-6)21(30)15-18)29(28(33)27(24)32)12-13-36-17(4)5/h8-11,14-17,25,30-31H,7,12-13H2,1-6H3/b26-24-. The molecule has 0 spiro atoms. The van der Waals surface area contributed by atoms with Crippen molar-refractivity contribution in [1.82, 2.24) is 4.90 Å². The number of aliphatic hydroxyl groups excluding tert-OH is 1. The Labute approximate surface area is 212 Å². The van der Waals surface area contributed by atoms with Crippen LogP contribution in [0, 0.1) is 0 Å². The molecule has 3 rings (SSSR count). The Kier molecular flexibility index (Phi) is 8.63. The number of carbonyl (C=O) groups is 2. The van der Waals surface area contributed by atoms with Crippen LogP contribution >= 0.6 is 0 Å². The number of hydrogen-bond donors (Lipinski definition) is 2. The number of ether oxygens (including phenoxy) is 3. The molecule has 1 fully saturated rings. The number of carbonyl (C=O) groups excluding carboxylic acids is 2. The zero-order chi connectivity index (χ0) is 26.6. The predicted octanol–water partition coefficient (Wildman–Crippen LogP) is 4.77. The van der Waals surface area contributed by atoms with Gasteiger partial charge in [0.2, 0.25) is 0 Å². The molecule has 36 heavy (non-hydrogen) atoms. The van der Waals surface area contributed by atoms with Crippen LogP contribution in [0.2, 0.25) is 0 Å². The number of benzene rings is 2. The minimum Gasteiger partial charge on any atom is -0.507 e. The SMILES string of the molecule is CCOc1ccc(/C(O)=C2/C(=O)C(=O)N(CCOC(C)C)C2c2ccc(OC)c(O)c2)cc1C(C)C. The number of methoxy groups -OCH3 is 1. The van der Waals surface area contributed by atoms with Crippen molar-refractivity contribution in [3.8, 4) is 17.2 Å². The van der Waals surface area contributed by atoms with E-state index in [1.54, 1.807) is 30.3 Å². The largest absolute Gasteiger partial charge is 0.507 e. The number of Topliss-reactive ketones (excluding diaryl/α,β-unsaturated/α-hetero) is 1. The third-order valence-electron chi connectivity index (χ3n) is 6.05. The molecule has 1 saturated heterocycles. The van der Waals surface area contributed by atoms with E-state index in [2.05, 4.69) is 0 Å². The summed E-state index contributed by atoms with van der Waals surface area (Å²) in [5.74, 6) is -0.896. The third-order valence-corrected chi connectivity index (χ3v) is 6.05. The average molecular weight is 498 g/mol. The molecular weight excluding hydrogens is 462 g/mol. The van der Waals surface area contributed by atoms with Gasteiger partial charge < -0.3 is 29.3 Å². The van der Waals surface area contributed by atoms with E-state index in [0.717, 1.165) is 5.56 Å². The number of ketones is 1. The Bertz CT molecular complexity index is 1150. The van der Waals surface area contributed by atoms with Crippen molar-refractivity contribution < 1.29 is 34.0 Å². The van der Waals surface area contributed by atoms with Gasteiger partial charge in [0.05, 0.1) is 38.0 Å². The normalized spacial score (nSPS) is 17.3. The van der Waals surface area contributed by atoms with Crippen LogP contribution in [0.25, 0.3) is 5.76 Å². The van der Waals surface area contributed by atoms with E-state index in [0.29, 0.717) is 23.5 Å². The molecule has 2 aromatic carbocycles. The second-order valence-corrected chi connectivity index (χ2v) is 9.18. The van der Waals surface area contributed by atoms with Crippen LogP contribution < -0.4 is 9.47 Å². The summed E-state index contributed by atoms with van der Waals surface area (Å²) < 4.78 is 16.5. The van der Waals surface area contributed by atoms with Gasteiger partial charge in [-0.15, -0.1) is 0 Å². The highest BCUT2D eigenvalue weighted by Crippen LogP contribution is 2.42. The second-order valence-electron chi connectivity index (χ2n) is 9.18. The fraction of sp³-hybridized carbons (Fsp3) is 0.429. The van der Waals surface area contributed by atoms with Crippen LogP contribution in [0.1, 0.15) is 63.3 Å². The number of rotatable bonds is 10. The lowest BCUT2D eigenvalue weighted by Crippen LogP contribution is -2.33. The van der Waals surface area contributed by atoms with Crippen molar-refractivity contribution in [2.75, 3.05) is 26.9 Å². The summed E-state index contributed by atoms with van der Waals surface area (Å²) in [6, 6.07) is 8.96. The van der Waals surface area contributed by atoms with E-state index in [4.69, 9.17) is 14.2 Å². The topological polar surface area (TPSA) is 106 Å². The van der Waals surface area contributed by atoms with Gasteiger partial charge in [-0.3, -0.25) is 9.59 Å². The van der Waals surface area contributed by atoms with Crippen molar-refractivity contribution >= 4 is 17.4 Å². The lowest BCUT2D eigenvalue weighted by molar-refractivity contribution is -0.140. The molecule has 1 unspecified atom stereocenters. The van der Waals surface area contributed by atoms with Gasteiger partial charge in [0.1, 0.15) is 11.5 Å². The van der Waals surface area contributed by atoms with Crippen molar-refractivity contribution in [1.29, 1.82) is 0 Å². The van der Waals surface area contributed by atoms with Gasteiger partial charge in [0, 0.05) is 12.1 Å². The van der Waals surface area contributed by atoms with Gasteiger partial charge in [-0.2, -0.15) is 0 Å². The summed E-state index contributed by atoms with van der Waals surface area (Å²) in [5.41, 5.74) is 1.70. The Morgan fingerprint density at radius 1 is 1.06 bits per heavy atom. The van der Waals surface area contributed by atoms with Gasteiger partial charge in [0.15, 0.2) is 11.5 Å². The van der Waals surface area contributed by atoms with Gasteiger partial charge in [-0.05, 0) is 68.1 Å². The highest BCUT2D eigenvalue weighted by molar-refractivity contribution is 6.46. The van der Waals surface area contributed by atoms with E-state index < -0.39 is 17.7 Å². The number of nitrogens with zero attached hydrogens (tertiary/aromatic N) is 1. The first-order valence-corrected chi connectivity index (χ1v) is 12.1. The highest BCUT2D eigenvalue weighted by Gasteiger charge is 2.46. The summed E-state index contributed by atoms with van der Waals surface area (Å²) >= 11 is 0. The monoisotopic (exact) mass is 497 g/mol. The second kappa shape index (κ2) is 11.5. The molecule has 1 heterocycles. The fourth-order valence-electron chi connectivity index (χ4n) is 4.31. The Hall–Kier alpha value is -3.52. The molecule has 1 atom stereocenters. The van der Waals surface area contributed by atoms with Crippen molar-refractivity contribution in [2.24, 2.45) is 0 Å². The van der Waals surface area contributed by atoms with Crippen molar-refractivity contribution in [3.05, 3.63) is 58.7 Å². The molecule has 0 aliphatic carbocycles. The molecule has 8 nitrogen and oxygen atoms in total. The maximum atomic E-state index is 13.2. The zero-order valence-electron chi connectivity index (χ0n) is 21.7. The van der Waals surface area contributed by atoms with Crippen LogP contribution in [0.5, 0.6) is 17.2 Å².